The van der Waals surface area contributed by atoms with Crippen molar-refractivity contribution in [3.05, 3.63) is 53.6 Å². The second-order valence-electron chi connectivity index (χ2n) is 3.97. The third kappa shape index (κ3) is 1.55. The number of nitrogens with one attached hydrogen (secondary N) is 1. The molecule has 1 aliphatic rings. The molecular formula is C14H13N. The van der Waals surface area contributed by atoms with Crippen LogP contribution in [0.5, 0.6) is 0 Å². The van der Waals surface area contributed by atoms with Gasteiger partial charge in [0.05, 0.1) is 0 Å². The Morgan fingerprint density at radius 1 is 0.933 bits per heavy atom. The molecule has 0 radical (unpaired) electrons. The normalized spacial score (nSPS) is 15.1. The van der Waals surface area contributed by atoms with Gasteiger partial charge in [-0.25, -0.2) is 0 Å². The minimum absolute atomic E-state index is 1.04. The standard InChI is InChI=1S/C14H13N/c1-2-7-14-12(4-1)5-3-6-13(14)8-11-9-15-10-11/h1-8,15H,9-10H2. The van der Waals surface area contributed by atoms with Crippen LogP contribution in [0.15, 0.2) is 48.0 Å². The Morgan fingerprint density at radius 3 is 2.53 bits per heavy atom. The molecule has 0 aromatic heterocycles. The van der Waals surface area contributed by atoms with Crippen LogP contribution in [0, 0.1) is 0 Å². The Hall–Kier alpha value is -1.60. The highest BCUT2D eigenvalue weighted by Crippen LogP contribution is 2.21. The largest absolute Gasteiger partial charge is 0.309 e. The first-order valence-corrected chi connectivity index (χ1v) is 5.31. The lowest BCUT2D eigenvalue weighted by atomic mass is 10.0. The average molecular weight is 195 g/mol. The Bertz CT molecular complexity index is 514. The van der Waals surface area contributed by atoms with Gasteiger partial charge in [0.1, 0.15) is 0 Å². The zero-order valence-electron chi connectivity index (χ0n) is 8.53. The summed E-state index contributed by atoms with van der Waals surface area (Å²) in [6.45, 7) is 2.09. The van der Waals surface area contributed by atoms with E-state index in [1.165, 1.54) is 21.9 Å². The van der Waals surface area contributed by atoms with Gasteiger partial charge in [-0.2, -0.15) is 0 Å². The fraction of sp³-hybridized carbons (Fsp3) is 0.143. The first-order valence-electron chi connectivity index (χ1n) is 5.31. The van der Waals surface area contributed by atoms with Crippen LogP contribution in [0.4, 0.5) is 0 Å². The second kappa shape index (κ2) is 3.52. The van der Waals surface area contributed by atoms with Gasteiger partial charge in [0.25, 0.3) is 0 Å². The maximum Gasteiger partial charge on any atom is 0.0183 e. The molecule has 2 aromatic rings. The van der Waals surface area contributed by atoms with Crippen LogP contribution in [0.3, 0.4) is 0 Å². The zero-order chi connectivity index (χ0) is 10.1. The van der Waals surface area contributed by atoms with Gasteiger partial charge < -0.3 is 5.32 Å². The second-order valence-corrected chi connectivity index (χ2v) is 3.97. The number of rotatable bonds is 1. The molecule has 15 heavy (non-hydrogen) atoms. The van der Waals surface area contributed by atoms with Crippen LogP contribution in [0.2, 0.25) is 0 Å². The predicted octanol–water partition coefficient (Wildman–Crippen LogP) is 2.83. The zero-order valence-corrected chi connectivity index (χ0v) is 8.53. The molecule has 0 spiro atoms. The van der Waals surface area contributed by atoms with Crippen LogP contribution < -0.4 is 5.32 Å². The number of hydrogen-bond donors (Lipinski definition) is 1. The highest BCUT2D eigenvalue weighted by Gasteiger charge is 2.07. The molecule has 1 heteroatoms. The topological polar surface area (TPSA) is 12.0 Å². The number of hydrogen-bond acceptors (Lipinski definition) is 1. The summed E-state index contributed by atoms with van der Waals surface area (Å²) in [5, 5.41) is 5.93. The Kier molecular flexibility index (Phi) is 2.04. The van der Waals surface area contributed by atoms with E-state index in [1.807, 2.05) is 0 Å². The van der Waals surface area contributed by atoms with Crippen molar-refractivity contribution >= 4 is 16.8 Å². The average Bonchev–Trinajstić information content (AvgIpc) is 2.23. The van der Waals surface area contributed by atoms with Gasteiger partial charge >= 0.3 is 0 Å². The molecule has 1 fully saturated rings. The monoisotopic (exact) mass is 195 g/mol. The quantitative estimate of drug-likeness (QED) is 0.737. The van der Waals surface area contributed by atoms with Crippen molar-refractivity contribution in [1.82, 2.24) is 5.32 Å². The molecule has 1 aliphatic heterocycles. The summed E-state index contributed by atoms with van der Waals surface area (Å²) in [6, 6.07) is 15.0. The summed E-state index contributed by atoms with van der Waals surface area (Å²) >= 11 is 0. The van der Waals surface area contributed by atoms with E-state index in [1.54, 1.807) is 0 Å². The summed E-state index contributed by atoms with van der Waals surface area (Å²) in [4.78, 5) is 0. The van der Waals surface area contributed by atoms with E-state index in [2.05, 4.69) is 53.9 Å². The van der Waals surface area contributed by atoms with Crippen molar-refractivity contribution < 1.29 is 0 Å². The number of fused-ring (bicyclic) bond motifs is 1. The molecule has 0 atom stereocenters. The maximum atomic E-state index is 3.26. The van der Waals surface area contributed by atoms with Gasteiger partial charge in [0, 0.05) is 13.1 Å². The third-order valence-corrected chi connectivity index (χ3v) is 2.89. The summed E-state index contributed by atoms with van der Waals surface area (Å²) in [5.74, 6) is 0. The van der Waals surface area contributed by atoms with Crippen molar-refractivity contribution in [2.75, 3.05) is 13.1 Å². The minimum atomic E-state index is 1.04. The summed E-state index contributed by atoms with van der Waals surface area (Å²) in [6.07, 6.45) is 2.30. The van der Waals surface area contributed by atoms with Crippen LogP contribution in [-0.2, 0) is 0 Å². The van der Waals surface area contributed by atoms with E-state index in [0.29, 0.717) is 0 Å². The van der Waals surface area contributed by atoms with Crippen molar-refractivity contribution in [1.29, 1.82) is 0 Å². The fourth-order valence-corrected chi connectivity index (χ4v) is 1.97. The molecule has 1 N–H and O–H groups in total. The van der Waals surface area contributed by atoms with Crippen LogP contribution in [0.1, 0.15) is 5.56 Å². The van der Waals surface area contributed by atoms with Gasteiger partial charge in [-0.3, -0.25) is 0 Å². The van der Waals surface area contributed by atoms with Gasteiger partial charge in [-0.05, 0) is 21.9 Å². The van der Waals surface area contributed by atoms with Crippen LogP contribution in [0.25, 0.3) is 16.8 Å². The minimum Gasteiger partial charge on any atom is -0.309 e. The molecule has 1 saturated heterocycles. The van der Waals surface area contributed by atoms with Crippen molar-refractivity contribution in [3.8, 4) is 0 Å². The summed E-state index contributed by atoms with van der Waals surface area (Å²) in [5.41, 5.74) is 2.83. The molecule has 1 nitrogen and oxygen atoms in total. The van der Waals surface area contributed by atoms with Crippen molar-refractivity contribution in [2.45, 2.75) is 0 Å². The molecule has 0 saturated carbocycles. The van der Waals surface area contributed by atoms with E-state index in [0.717, 1.165) is 13.1 Å². The van der Waals surface area contributed by atoms with Crippen molar-refractivity contribution in [3.63, 3.8) is 0 Å². The van der Waals surface area contributed by atoms with E-state index in [4.69, 9.17) is 0 Å². The predicted molar refractivity (Wildman–Crippen MR) is 64.8 cm³/mol. The first kappa shape index (κ1) is 8.69. The number of benzene rings is 2. The lowest BCUT2D eigenvalue weighted by molar-refractivity contribution is 0.675. The lowest BCUT2D eigenvalue weighted by Gasteiger charge is -2.18. The van der Waals surface area contributed by atoms with Gasteiger partial charge in [0.2, 0.25) is 0 Å². The first-order chi connectivity index (χ1) is 7.43. The maximum absolute atomic E-state index is 3.26. The smallest absolute Gasteiger partial charge is 0.0183 e. The molecule has 74 valence electrons. The molecule has 0 bridgehead atoms. The Labute approximate surface area is 89.4 Å². The summed E-state index contributed by atoms with van der Waals surface area (Å²) in [7, 11) is 0. The highest BCUT2D eigenvalue weighted by molar-refractivity contribution is 5.91. The molecule has 1 heterocycles. The Balaban J connectivity index is 2.17. The van der Waals surface area contributed by atoms with Crippen LogP contribution >= 0.6 is 0 Å². The third-order valence-electron chi connectivity index (χ3n) is 2.89. The van der Waals surface area contributed by atoms with Gasteiger partial charge in [0.15, 0.2) is 0 Å². The Morgan fingerprint density at radius 2 is 1.73 bits per heavy atom. The van der Waals surface area contributed by atoms with E-state index < -0.39 is 0 Å². The molecule has 0 amide bonds. The molecule has 0 aliphatic carbocycles. The van der Waals surface area contributed by atoms with Crippen LogP contribution in [-0.4, -0.2) is 13.1 Å². The van der Waals surface area contributed by atoms with Gasteiger partial charge in [-0.15, -0.1) is 0 Å². The molecule has 0 unspecified atom stereocenters. The summed E-state index contributed by atoms with van der Waals surface area (Å²) < 4.78 is 0. The van der Waals surface area contributed by atoms with E-state index >= 15 is 0 Å². The van der Waals surface area contributed by atoms with E-state index in [-0.39, 0.29) is 0 Å². The molecule has 3 rings (SSSR count). The molecule has 2 aromatic carbocycles. The van der Waals surface area contributed by atoms with Crippen molar-refractivity contribution in [2.24, 2.45) is 0 Å². The van der Waals surface area contributed by atoms with E-state index in [9.17, 15) is 0 Å². The lowest BCUT2D eigenvalue weighted by Crippen LogP contribution is -2.33. The SMILES string of the molecule is C(=C1CNC1)c1cccc2ccccc12. The highest BCUT2D eigenvalue weighted by atomic mass is 14.9. The molecular weight excluding hydrogens is 182 g/mol. The van der Waals surface area contributed by atoms with Gasteiger partial charge in [-0.1, -0.05) is 48.5 Å². The fourth-order valence-electron chi connectivity index (χ4n) is 1.97.